The number of nitrogens with one attached hydrogen (secondary N) is 2. The molecule has 6 heteroatoms. The van der Waals surface area contributed by atoms with Crippen LogP contribution >= 0.6 is 0 Å². The van der Waals surface area contributed by atoms with Crippen molar-refractivity contribution in [2.24, 2.45) is 0 Å². The summed E-state index contributed by atoms with van der Waals surface area (Å²) in [6, 6.07) is 9.27. The zero-order valence-electron chi connectivity index (χ0n) is 16.9. The van der Waals surface area contributed by atoms with E-state index in [1.807, 2.05) is 44.2 Å². The van der Waals surface area contributed by atoms with Gasteiger partial charge in [0.2, 0.25) is 0 Å². The van der Waals surface area contributed by atoms with E-state index in [1.54, 1.807) is 18.5 Å². The SMILES string of the molecule is CC(C)n1c(=O)/c(=C/c2ccccc2)[nH]c(=O)/c1=C/c1nc[nH]c1C(C)(C)C. The molecular weight excluding hydrogens is 352 g/mol. The molecule has 0 bridgehead atoms. The Morgan fingerprint density at radius 2 is 1.75 bits per heavy atom. The van der Waals surface area contributed by atoms with Gasteiger partial charge in [-0.15, -0.1) is 0 Å². The van der Waals surface area contributed by atoms with Gasteiger partial charge in [-0.25, -0.2) is 4.98 Å². The topological polar surface area (TPSA) is 83.5 Å². The summed E-state index contributed by atoms with van der Waals surface area (Å²) in [5.41, 5.74) is 1.70. The van der Waals surface area contributed by atoms with E-state index < -0.39 is 0 Å². The van der Waals surface area contributed by atoms with Crippen molar-refractivity contribution < 1.29 is 0 Å². The molecule has 0 atom stereocenters. The highest BCUT2D eigenvalue weighted by molar-refractivity contribution is 5.49. The Morgan fingerprint density at radius 3 is 2.36 bits per heavy atom. The molecule has 0 aliphatic carbocycles. The first-order chi connectivity index (χ1) is 13.2. The van der Waals surface area contributed by atoms with Crippen molar-refractivity contribution in [3.63, 3.8) is 0 Å². The number of imidazole rings is 1. The normalized spacial score (nSPS) is 13.5. The lowest BCUT2D eigenvalue weighted by Gasteiger charge is -2.17. The summed E-state index contributed by atoms with van der Waals surface area (Å²) in [6.07, 6.45) is 4.99. The minimum atomic E-state index is -0.321. The van der Waals surface area contributed by atoms with Crippen LogP contribution in [0.15, 0.2) is 46.2 Å². The van der Waals surface area contributed by atoms with Crippen molar-refractivity contribution in [2.45, 2.75) is 46.1 Å². The third-order valence-corrected chi connectivity index (χ3v) is 4.51. The summed E-state index contributed by atoms with van der Waals surface area (Å²) in [4.78, 5) is 36.2. The first kappa shape index (κ1) is 19.6. The maximum atomic E-state index is 13.1. The van der Waals surface area contributed by atoms with Crippen LogP contribution in [-0.2, 0) is 5.41 Å². The van der Waals surface area contributed by atoms with Crippen LogP contribution in [-0.4, -0.2) is 19.5 Å². The van der Waals surface area contributed by atoms with Crippen molar-refractivity contribution in [3.05, 3.63) is 85.0 Å². The van der Waals surface area contributed by atoms with Crippen LogP contribution in [0.4, 0.5) is 0 Å². The van der Waals surface area contributed by atoms with E-state index >= 15 is 0 Å². The first-order valence-corrected chi connectivity index (χ1v) is 9.35. The first-order valence-electron chi connectivity index (χ1n) is 9.35. The molecule has 3 rings (SSSR count). The number of rotatable bonds is 3. The molecule has 0 saturated carbocycles. The van der Waals surface area contributed by atoms with Crippen LogP contribution in [0.1, 0.15) is 57.6 Å². The average molecular weight is 378 g/mol. The number of aromatic nitrogens is 4. The lowest BCUT2D eigenvalue weighted by Crippen LogP contribution is -2.54. The van der Waals surface area contributed by atoms with E-state index in [4.69, 9.17) is 0 Å². The van der Waals surface area contributed by atoms with Gasteiger partial charge in [0, 0.05) is 17.2 Å². The summed E-state index contributed by atoms with van der Waals surface area (Å²) >= 11 is 0. The minimum absolute atomic E-state index is 0.168. The van der Waals surface area contributed by atoms with Crippen molar-refractivity contribution in [1.29, 1.82) is 0 Å². The summed E-state index contributed by atoms with van der Waals surface area (Å²) in [7, 11) is 0. The summed E-state index contributed by atoms with van der Waals surface area (Å²) in [5.74, 6) is 0. The third kappa shape index (κ3) is 3.91. The van der Waals surface area contributed by atoms with E-state index in [0.29, 0.717) is 11.0 Å². The Morgan fingerprint density at radius 1 is 1.07 bits per heavy atom. The molecule has 2 aromatic heterocycles. The maximum Gasteiger partial charge on any atom is 0.275 e. The van der Waals surface area contributed by atoms with Crippen LogP contribution in [0.25, 0.3) is 12.2 Å². The molecule has 0 aliphatic heterocycles. The van der Waals surface area contributed by atoms with Crippen LogP contribution < -0.4 is 21.8 Å². The molecule has 0 spiro atoms. The predicted octanol–water partition coefficient (Wildman–Crippen LogP) is 1.80. The molecule has 0 amide bonds. The summed E-state index contributed by atoms with van der Waals surface area (Å²) in [5, 5.41) is 0.558. The predicted molar refractivity (Wildman–Crippen MR) is 112 cm³/mol. The molecule has 2 N–H and O–H groups in total. The third-order valence-electron chi connectivity index (χ3n) is 4.51. The molecule has 146 valence electrons. The molecule has 6 nitrogen and oxygen atoms in total. The Balaban J connectivity index is 2.32. The van der Waals surface area contributed by atoms with E-state index in [0.717, 1.165) is 11.3 Å². The van der Waals surface area contributed by atoms with Gasteiger partial charge in [0.05, 0.1) is 12.0 Å². The van der Waals surface area contributed by atoms with E-state index in [9.17, 15) is 9.59 Å². The van der Waals surface area contributed by atoms with Crippen molar-refractivity contribution in [2.75, 3.05) is 0 Å². The van der Waals surface area contributed by atoms with Gasteiger partial charge in [-0.05, 0) is 31.6 Å². The fourth-order valence-corrected chi connectivity index (χ4v) is 3.19. The zero-order chi connectivity index (χ0) is 20.5. The second-order valence-electron chi connectivity index (χ2n) is 8.13. The van der Waals surface area contributed by atoms with Gasteiger partial charge in [0.1, 0.15) is 10.7 Å². The van der Waals surface area contributed by atoms with Gasteiger partial charge < -0.3 is 9.97 Å². The van der Waals surface area contributed by atoms with E-state index in [2.05, 4.69) is 35.7 Å². The van der Waals surface area contributed by atoms with Crippen molar-refractivity contribution >= 4 is 12.2 Å². The van der Waals surface area contributed by atoms with E-state index in [-0.39, 0.29) is 27.9 Å². The van der Waals surface area contributed by atoms with Crippen LogP contribution in [0.2, 0.25) is 0 Å². The highest BCUT2D eigenvalue weighted by Gasteiger charge is 2.20. The molecule has 3 aromatic rings. The standard InChI is InChI=1S/C22H26N4O2/c1-14(2)26-18(12-16-19(22(3,4)5)24-13-23-16)20(27)25-17(21(26)28)11-15-9-7-6-8-10-15/h6-14H,1-5H3,(H,23,24)(H,25,27)/b17-11-,18-12-. The van der Waals surface area contributed by atoms with Crippen LogP contribution in [0, 0.1) is 0 Å². The number of hydrogen-bond acceptors (Lipinski definition) is 3. The minimum Gasteiger partial charge on any atom is -0.348 e. The van der Waals surface area contributed by atoms with Gasteiger partial charge in [0.25, 0.3) is 11.1 Å². The Bertz CT molecular complexity index is 1210. The zero-order valence-corrected chi connectivity index (χ0v) is 16.9. The Labute approximate surface area is 163 Å². The number of hydrogen-bond donors (Lipinski definition) is 2. The van der Waals surface area contributed by atoms with E-state index in [1.165, 1.54) is 4.57 Å². The van der Waals surface area contributed by atoms with Gasteiger partial charge >= 0.3 is 0 Å². The molecule has 0 aliphatic rings. The van der Waals surface area contributed by atoms with Crippen molar-refractivity contribution in [1.82, 2.24) is 19.5 Å². The van der Waals surface area contributed by atoms with Gasteiger partial charge in [-0.1, -0.05) is 51.1 Å². The summed E-state index contributed by atoms with van der Waals surface area (Å²) in [6.45, 7) is 9.97. The quantitative estimate of drug-likeness (QED) is 0.729. The average Bonchev–Trinajstić information content (AvgIpc) is 3.08. The monoisotopic (exact) mass is 378 g/mol. The number of nitrogens with zero attached hydrogens (tertiary/aromatic N) is 2. The summed E-state index contributed by atoms with van der Waals surface area (Å²) < 4.78 is 1.52. The molecule has 1 aromatic carbocycles. The largest absolute Gasteiger partial charge is 0.348 e. The Hall–Kier alpha value is -3.15. The number of benzene rings is 1. The number of aromatic amines is 2. The molecule has 0 saturated heterocycles. The second kappa shape index (κ2) is 7.46. The van der Waals surface area contributed by atoms with Crippen LogP contribution in [0.5, 0.6) is 0 Å². The highest BCUT2D eigenvalue weighted by Crippen LogP contribution is 2.22. The molecular formula is C22H26N4O2. The molecule has 28 heavy (non-hydrogen) atoms. The molecule has 0 radical (unpaired) electrons. The maximum absolute atomic E-state index is 13.1. The van der Waals surface area contributed by atoms with Gasteiger partial charge in [-0.3, -0.25) is 14.2 Å². The molecule has 0 unspecified atom stereocenters. The fraction of sp³-hybridized carbons (Fsp3) is 0.318. The second-order valence-corrected chi connectivity index (χ2v) is 8.13. The van der Waals surface area contributed by atoms with Gasteiger partial charge in [-0.2, -0.15) is 0 Å². The highest BCUT2D eigenvalue weighted by atomic mass is 16.1. The lowest BCUT2D eigenvalue weighted by molar-refractivity contribution is 0.548. The number of H-pyrrole nitrogens is 2. The Kier molecular flexibility index (Phi) is 5.23. The molecule has 0 fully saturated rings. The molecule has 2 heterocycles. The lowest BCUT2D eigenvalue weighted by atomic mass is 9.90. The smallest absolute Gasteiger partial charge is 0.275 e. The van der Waals surface area contributed by atoms with Crippen LogP contribution in [0.3, 0.4) is 0 Å². The van der Waals surface area contributed by atoms with Gasteiger partial charge in [0.15, 0.2) is 0 Å². The van der Waals surface area contributed by atoms with Crippen molar-refractivity contribution in [3.8, 4) is 0 Å². The fourth-order valence-electron chi connectivity index (χ4n) is 3.19.